The molecule has 5 nitrogen and oxygen atoms in total. The van der Waals surface area contributed by atoms with Gasteiger partial charge in [0, 0.05) is 13.1 Å². The van der Waals surface area contributed by atoms with Gasteiger partial charge in [0.05, 0.1) is 17.4 Å². The molecule has 0 radical (unpaired) electrons. The summed E-state index contributed by atoms with van der Waals surface area (Å²) in [5.41, 5.74) is 2.09. The molecule has 6 heteroatoms. The number of carbonyl (C=O) groups is 1. The number of aryl methyl sites for hydroxylation is 1. The van der Waals surface area contributed by atoms with E-state index in [1.807, 2.05) is 19.1 Å². The van der Waals surface area contributed by atoms with Gasteiger partial charge in [0.1, 0.15) is 0 Å². The summed E-state index contributed by atoms with van der Waals surface area (Å²) >= 11 is 0. The predicted molar refractivity (Wildman–Crippen MR) is 95.5 cm³/mol. The lowest BCUT2D eigenvalue weighted by molar-refractivity contribution is -0.144. The second kappa shape index (κ2) is 7.30. The topological polar surface area (TPSA) is 63.7 Å². The van der Waals surface area contributed by atoms with Crippen LogP contribution in [0, 0.1) is 18.8 Å². The van der Waals surface area contributed by atoms with Gasteiger partial charge >= 0.3 is 5.97 Å². The molecule has 0 spiro atoms. The molecule has 25 heavy (non-hydrogen) atoms. The van der Waals surface area contributed by atoms with Crippen LogP contribution in [-0.2, 0) is 19.6 Å². The minimum Gasteiger partial charge on any atom is -0.466 e. The third kappa shape index (κ3) is 3.96. The molecule has 0 amide bonds. The number of allylic oxidation sites excluding steroid dienone is 1. The summed E-state index contributed by atoms with van der Waals surface area (Å²) in [5, 5.41) is 0. The van der Waals surface area contributed by atoms with Crippen LogP contribution in [0.25, 0.3) is 0 Å². The Labute approximate surface area is 149 Å². The van der Waals surface area contributed by atoms with E-state index < -0.39 is 10.0 Å². The number of hydrogen-bond donors (Lipinski definition) is 0. The Morgan fingerprint density at radius 1 is 1.28 bits per heavy atom. The van der Waals surface area contributed by atoms with Gasteiger partial charge < -0.3 is 4.74 Å². The van der Waals surface area contributed by atoms with E-state index in [1.165, 1.54) is 0 Å². The van der Waals surface area contributed by atoms with Crippen LogP contribution in [0.4, 0.5) is 0 Å². The van der Waals surface area contributed by atoms with Gasteiger partial charge in [-0.25, -0.2) is 8.42 Å². The van der Waals surface area contributed by atoms with E-state index in [4.69, 9.17) is 4.74 Å². The molecule has 1 aromatic carbocycles. The number of nitrogens with zero attached hydrogens (tertiary/aromatic N) is 1. The van der Waals surface area contributed by atoms with E-state index in [0.717, 1.165) is 30.4 Å². The first-order chi connectivity index (χ1) is 11.9. The molecule has 0 aromatic heterocycles. The highest BCUT2D eigenvalue weighted by atomic mass is 32.2. The van der Waals surface area contributed by atoms with Crippen LogP contribution in [-0.4, -0.2) is 38.4 Å². The van der Waals surface area contributed by atoms with Crippen LogP contribution in [0.15, 0.2) is 40.8 Å². The summed E-state index contributed by atoms with van der Waals surface area (Å²) in [6.45, 7) is 5.00. The first-order valence-corrected chi connectivity index (χ1v) is 10.3. The fraction of sp³-hybridized carbons (Fsp3) is 0.526. The minimum atomic E-state index is -3.51. The van der Waals surface area contributed by atoms with Gasteiger partial charge in [0.15, 0.2) is 0 Å². The van der Waals surface area contributed by atoms with E-state index in [-0.39, 0.29) is 17.8 Å². The van der Waals surface area contributed by atoms with Crippen molar-refractivity contribution in [1.29, 1.82) is 0 Å². The van der Waals surface area contributed by atoms with E-state index in [0.29, 0.717) is 24.6 Å². The van der Waals surface area contributed by atoms with Crippen molar-refractivity contribution in [2.24, 2.45) is 11.8 Å². The SMILES string of the molecule is CCOC(=O)[C@@H]1C[C@@H]1C1=CCCCN(S(=O)(=O)c2ccc(C)cc2)C1. The van der Waals surface area contributed by atoms with E-state index in [9.17, 15) is 13.2 Å². The zero-order chi connectivity index (χ0) is 18.0. The minimum absolute atomic E-state index is 0.103. The summed E-state index contributed by atoms with van der Waals surface area (Å²) in [6.07, 6.45) is 4.53. The van der Waals surface area contributed by atoms with Crippen molar-refractivity contribution in [3.63, 3.8) is 0 Å². The summed E-state index contributed by atoms with van der Waals surface area (Å²) in [7, 11) is -3.51. The summed E-state index contributed by atoms with van der Waals surface area (Å²) in [6, 6.07) is 6.97. The van der Waals surface area contributed by atoms with Gasteiger partial charge in [0.25, 0.3) is 0 Å². The zero-order valence-corrected chi connectivity index (χ0v) is 15.6. The number of benzene rings is 1. The largest absolute Gasteiger partial charge is 0.466 e. The highest BCUT2D eigenvalue weighted by molar-refractivity contribution is 7.89. The molecule has 2 atom stereocenters. The molecule has 1 aliphatic carbocycles. The van der Waals surface area contributed by atoms with Crippen LogP contribution in [0.1, 0.15) is 31.7 Å². The maximum absolute atomic E-state index is 13.0. The number of hydrogen-bond acceptors (Lipinski definition) is 4. The third-order valence-electron chi connectivity index (χ3n) is 4.89. The van der Waals surface area contributed by atoms with Crippen LogP contribution in [0.5, 0.6) is 0 Å². The quantitative estimate of drug-likeness (QED) is 0.596. The molecule has 0 bridgehead atoms. The van der Waals surface area contributed by atoms with Crippen molar-refractivity contribution < 1.29 is 17.9 Å². The fourth-order valence-electron chi connectivity index (χ4n) is 3.35. The number of rotatable bonds is 5. The average molecular weight is 363 g/mol. The lowest BCUT2D eigenvalue weighted by Gasteiger charge is -2.22. The molecule has 0 saturated heterocycles. The van der Waals surface area contributed by atoms with Gasteiger partial charge in [-0.3, -0.25) is 4.79 Å². The maximum atomic E-state index is 13.0. The summed E-state index contributed by atoms with van der Waals surface area (Å²) in [5.74, 6) is -0.133. The molecule has 2 aliphatic rings. The van der Waals surface area contributed by atoms with Gasteiger partial charge in [-0.2, -0.15) is 4.31 Å². The molecule has 0 unspecified atom stereocenters. The molecule has 3 rings (SSSR count). The van der Waals surface area contributed by atoms with E-state index in [2.05, 4.69) is 6.08 Å². The second-order valence-electron chi connectivity index (χ2n) is 6.77. The number of ether oxygens (including phenoxy) is 1. The highest BCUT2D eigenvalue weighted by Crippen LogP contribution is 2.46. The van der Waals surface area contributed by atoms with Gasteiger partial charge in [-0.1, -0.05) is 29.3 Å². The molecule has 136 valence electrons. The molecule has 0 N–H and O–H groups in total. The van der Waals surface area contributed by atoms with Crippen molar-refractivity contribution in [2.75, 3.05) is 19.7 Å². The molecule has 1 heterocycles. The van der Waals surface area contributed by atoms with Crippen molar-refractivity contribution in [3.8, 4) is 0 Å². The van der Waals surface area contributed by atoms with Crippen LogP contribution >= 0.6 is 0 Å². The number of esters is 1. The average Bonchev–Trinajstić information content (AvgIpc) is 3.38. The van der Waals surface area contributed by atoms with Crippen LogP contribution in [0.3, 0.4) is 0 Å². The normalized spacial score (nSPS) is 24.3. The van der Waals surface area contributed by atoms with Crippen molar-refractivity contribution in [2.45, 2.75) is 38.0 Å². The van der Waals surface area contributed by atoms with Crippen LogP contribution in [0.2, 0.25) is 0 Å². The Hall–Kier alpha value is -1.66. The monoisotopic (exact) mass is 363 g/mol. The van der Waals surface area contributed by atoms with Crippen molar-refractivity contribution in [3.05, 3.63) is 41.5 Å². The Balaban J connectivity index is 1.75. The molecule has 1 fully saturated rings. The molecule has 1 aromatic rings. The lowest BCUT2D eigenvalue weighted by Crippen LogP contribution is -2.33. The smallest absolute Gasteiger partial charge is 0.309 e. The Morgan fingerprint density at radius 3 is 2.68 bits per heavy atom. The van der Waals surface area contributed by atoms with E-state index >= 15 is 0 Å². The number of sulfonamides is 1. The lowest BCUT2D eigenvalue weighted by atomic mass is 10.1. The molecule has 1 saturated carbocycles. The second-order valence-corrected chi connectivity index (χ2v) is 8.71. The van der Waals surface area contributed by atoms with Crippen molar-refractivity contribution in [1.82, 2.24) is 4.31 Å². The van der Waals surface area contributed by atoms with Gasteiger partial charge in [0.2, 0.25) is 10.0 Å². The molecular weight excluding hydrogens is 338 g/mol. The molecule has 1 aliphatic heterocycles. The Morgan fingerprint density at radius 2 is 2.00 bits per heavy atom. The fourth-order valence-corrected chi connectivity index (χ4v) is 4.82. The highest BCUT2D eigenvalue weighted by Gasteiger charge is 2.47. The van der Waals surface area contributed by atoms with E-state index in [1.54, 1.807) is 23.4 Å². The van der Waals surface area contributed by atoms with Gasteiger partial charge in [-0.15, -0.1) is 0 Å². The standard InChI is InChI=1S/C19H25NO4S/c1-3-24-19(21)18-12-17(18)15-6-4-5-11-20(13-15)25(22,23)16-9-7-14(2)8-10-16/h6-10,17-18H,3-5,11-13H2,1-2H3/t17-,18-/m1/s1. The first kappa shape index (κ1) is 18.1. The maximum Gasteiger partial charge on any atom is 0.309 e. The summed E-state index contributed by atoms with van der Waals surface area (Å²) in [4.78, 5) is 12.2. The molecular formula is C19H25NO4S. The first-order valence-electron chi connectivity index (χ1n) is 8.86. The van der Waals surface area contributed by atoms with Crippen molar-refractivity contribution >= 4 is 16.0 Å². The zero-order valence-electron chi connectivity index (χ0n) is 14.8. The number of carbonyl (C=O) groups excluding carboxylic acids is 1. The Bertz CT molecular complexity index is 767. The predicted octanol–water partition coefficient (Wildman–Crippen LogP) is 2.91. The van der Waals surface area contributed by atoms with Gasteiger partial charge in [-0.05, 0) is 51.2 Å². The Kier molecular flexibility index (Phi) is 5.29. The third-order valence-corrected chi connectivity index (χ3v) is 6.75. The summed E-state index contributed by atoms with van der Waals surface area (Å²) < 4.78 is 32.6. The van der Waals surface area contributed by atoms with Crippen LogP contribution < -0.4 is 0 Å².